The van der Waals surface area contributed by atoms with E-state index in [0.29, 0.717) is 17.8 Å². The fourth-order valence-corrected chi connectivity index (χ4v) is 3.46. The second-order valence-corrected chi connectivity index (χ2v) is 6.99. The van der Waals surface area contributed by atoms with Gasteiger partial charge in [-0.25, -0.2) is 4.98 Å². The van der Waals surface area contributed by atoms with Gasteiger partial charge in [-0.1, -0.05) is 13.8 Å². The average molecular weight is 348 g/mol. The van der Waals surface area contributed by atoms with Crippen LogP contribution >= 0.6 is 11.3 Å². The van der Waals surface area contributed by atoms with E-state index in [2.05, 4.69) is 10.3 Å². The Morgan fingerprint density at radius 1 is 1.29 bits per heavy atom. The van der Waals surface area contributed by atoms with E-state index >= 15 is 0 Å². The number of carbonyl (C=O) groups is 1. The van der Waals surface area contributed by atoms with Crippen LogP contribution in [0.3, 0.4) is 0 Å². The molecular formula is C18H24N2O3S. The molecule has 24 heavy (non-hydrogen) atoms. The molecule has 1 aromatic heterocycles. The van der Waals surface area contributed by atoms with Crippen LogP contribution in [0, 0.1) is 6.92 Å². The van der Waals surface area contributed by atoms with Gasteiger partial charge in [0.15, 0.2) is 0 Å². The number of amides is 1. The highest BCUT2D eigenvalue weighted by atomic mass is 32.1. The van der Waals surface area contributed by atoms with E-state index < -0.39 is 0 Å². The molecule has 0 aliphatic carbocycles. The Labute approximate surface area is 147 Å². The largest absolute Gasteiger partial charge is 0.497 e. The smallest absolute Gasteiger partial charge is 0.263 e. The van der Waals surface area contributed by atoms with Crippen molar-refractivity contribution in [1.29, 1.82) is 0 Å². The van der Waals surface area contributed by atoms with Gasteiger partial charge in [0.2, 0.25) is 0 Å². The monoisotopic (exact) mass is 348 g/mol. The van der Waals surface area contributed by atoms with E-state index in [9.17, 15) is 4.79 Å². The summed E-state index contributed by atoms with van der Waals surface area (Å²) in [6.07, 6.45) is 0.668. The highest BCUT2D eigenvalue weighted by Crippen LogP contribution is 2.26. The summed E-state index contributed by atoms with van der Waals surface area (Å²) in [4.78, 5) is 17.6. The Morgan fingerprint density at radius 2 is 2.04 bits per heavy atom. The quantitative estimate of drug-likeness (QED) is 0.831. The number of thiazole rings is 1. The molecule has 1 aromatic carbocycles. The number of nitrogens with one attached hydrogen (secondary N) is 1. The van der Waals surface area contributed by atoms with Crippen molar-refractivity contribution in [3.8, 4) is 11.5 Å². The first-order valence-electron chi connectivity index (χ1n) is 7.92. The molecule has 0 unspecified atom stereocenters. The lowest BCUT2D eigenvalue weighted by molar-refractivity contribution is 0.0956. The van der Waals surface area contributed by atoms with Crippen molar-refractivity contribution in [2.24, 2.45) is 0 Å². The summed E-state index contributed by atoms with van der Waals surface area (Å²) >= 11 is 1.44. The van der Waals surface area contributed by atoms with Crippen LogP contribution in [0.5, 0.6) is 11.5 Å². The highest BCUT2D eigenvalue weighted by Gasteiger charge is 2.18. The third kappa shape index (κ3) is 4.26. The SMILES string of the molecule is COc1ccc(OC)c(CCNC(=O)c2sc(C)nc2C(C)C)c1. The summed E-state index contributed by atoms with van der Waals surface area (Å²) in [5.41, 5.74) is 1.87. The van der Waals surface area contributed by atoms with E-state index in [4.69, 9.17) is 9.47 Å². The fraction of sp³-hybridized carbons (Fsp3) is 0.444. The van der Waals surface area contributed by atoms with Gasteiger partial charge in [0.05, 0.1) is 24.9 Å². The Morgan fingerprint density at radius 3 is 2.67 bits per heavy atom. The lowest BCUT2D eigenvalue weighted by Gasteiger charge is -2.11. The number of nitrogens with zero attached hydrogens (tertiary/aromatic N) is 1. The van der Waals surface area contributed by atoms with Gasteiger partial charge < -0.3 is 14.8 Å². The number of methoxy groups -OCH3 is 2. The van der Waals surface area contributed by atoms with Gasteiger partial charge in [-0.05, 0) is 43.0 Å². The minimum Gasteiger partial charge on any atom is -0.497 e. The number of aromatic nitrogens is 1. The molecule has 130 valence electrons. The van der Waals surface area contributed by atoms with Gasteiger partial charge in [-0.15, -0.1) is 11.3 Å². The number of aryl methyl sites for hydroxylation is 1. The van der Waals surface area contributed by atoms with Crippen molar-refractivity contribution < 1.29 is 14.3 Å². The number of ether oxygens (including phenoxy) is 2. The van der Waals surface area contributed by atoms with Crippen LogP contribution in [-0.2, 0) is 6.42 Å². The summed E-state index contributed by atoms with van der Waals surface area (Å²) in [6, 6.07) is 5.66. The summed E-state index contributed by atoms with van der Waals surface area (Å²) in [6.45, 7) is 6.55. The summed E-state index contributed by atoms with van der Waals surface area (Å²) < 4.78 is 10.6. The van der Waals surface area contributed by atoms with Crippen LogP contribution in [0.2, 0.25) is 0 Å². The molecule has 6 heteroatoms. The van der Waals surface area contributed by atoms with Gasteiger partial charge in [0.1, 0.15) is 16.4 Å². The Balaban J connectivity index is 2.03. The average Bonchev–Trinajstić information content (AvgIpc) is 2.97. The van der Waals surface area contributed by atoms with E-state index in [0.717, 1.165) is 27.8 Å². The minimum atomic E-state index is -0.0637. The molecule has 0 fully saturated rings. The molecule has 0 atom stereocenters. The van der Waals surface area contributed by atoms with Crippen molar-refractivity contribution in [2.45, 2.75) is 33.1 Å². The molecule has 0 radical (unpaired) electrons. The molecular weight excluding hydrogens is 324 g/mol. The first-order chi connectivity index (χ1) is 11.5. The first-order valence-corrected chi connectivity index (χ1v) is 8.74. The van der Waals surface area contributed by atoms with E-state index in [1.165, 1.54) is 11.3 Å². The molecule has 0 saturated carbocycles. The number of rotatable bonds is 7. The zero-order valence-corrected chi connectivity index (χ0v) is 15.6. The molecule has 1 heterocycles. The Bertz CT molecular complexity index is 710. The lowest BCUT2D eigenvalue weighted by atomic mass is 10.1. The first kappa shape index (κ1) is 18.3. The Hall–Kier alpha value is -2.08. The lowest BCUT2D eigenvalue weighted by Crippen LogP contribution is -2.26. The fourth-order valence-electron chi connectivity index (χ4n) is 2.47. The molecule has 0 spiro atoms. The number of carbonyl (C=O) groups excluding carboxylic acids is 1. The maximum absolute atomic E-state index is 12.5. The molecule has 1 amide bonds. The van der Waals surface area contributed by atoms with Crippen molar-refractivity contribution in [3.05, 3.63) is 39.3 Å². The van der Waals surface area contributed by atoms with Crippen LogP contribution in [-0.4, -0.2) is 31.7 Å². The van der Waals surface area contributed by atoms with Gasteiger partial charge in [0, 0.05) is 6.54 Å². The maximum atomic E-state index is 12.5. The van der Waals surface area contributed by atoms with Crippen LogP contribution < -0.4 is 14.8 Å². The zero-order chi connectivity index (χ0) is 17.7. The second-order valence-electron chi connectivity index (χ2n) is 5.79. The summed E-state index contributed by atoms with van der Waals surface area (Å²) in [5, 5.41) is 3.90. The highest BCUT2D eigenvalue weighted by molar-refractivity contribution is 7.13. The number of benzene rings is 1. The van der Waals surface area contributed by atoms with Crippen molar-refractivity contribution >= 4 is 17.2 Å². The predicted molar refractivity (Wildman–Crippen MR) is 96.5 cm³/mol. The standard InChI is InChI=1S/C18H24N2O3S/c1-11(2)16-17(24-12(3)20-16)18(21)19-9-8-13-10-14(22-4)6-7-15(13)23-5/h6-7,10-11H,8-9H2,1-5H3,(H,19,21). The number of hydrogen-bond donors (Lipinski definition) is 1. The van der Waals surface area contributed by atoms with Crippen LogP contribution in [0.25, 0.3) is 0 Å². The summed E-state index contributed by atoms with van der Waals surface area (Å²) in [7, 11) is 3.27. The maximum Gasteiger partial charge on any atom is 0.263 e. The van der Waals surface area contributed by atoms with Gasteiger partial charge >= 0.3 is 0 Å². The third-order valence-electron chi connectivity index (χ3n) is 3.68. The molecule has 2 rings (SSSR count). The summed E-state index contributed by atoms with van der Waals surface area (Å²) in [5.74, 6) is 1.74. The van der Waals surface area contributed by atoms with Crippen molar-refractivity contribution in [3.63, 3.8) is 0 Å². The van der Waals surface area contributed by atoms with Gasteiger partial charge in [-0.3, -0.25) is 4.79 Å². The minimum absolute atomic E-state index is 0.0637. The zero-order valence-electron chi connectivity index (χ0n) is 14.8. The second kappa shape index (κ2) is 8.15. The van der Waals surface area contributed by atoms with Crippen LogP contribution in [0.15, 0.2) is 18.2 Å². The normalized spacial score (nSPS) is 10.8. The molecule has 5 nitrogen and oxygen atoms in total. The molecule has 0 aliphatic rings. The molecule has 0 bridgehead atoms. The van der Waals surface area contributed by atoms with Crippen molar-refractivity contribution in [2.75, 3.05) is 20.8 Å². The van der Waals surface area contributed by atoms with Gasteiger partial charge in [-0.2, -0.15) is 0 Å². The predicted octanol–water partition coefficient (Wildman–Crippen LogP) is 3.56. The Kier molecular flexibility index (Phi) is 6.20. The van der Waals surface area contributed by atoms with Crippen LogP contribution in [0.4, 0.5) is 0 Å². The topological polar surface area (TPSA) is 60.5 Å². The van der Waals surface area contributed by atoms with E-state index in [1.54, 1.807) is 14.2 Å². The third-order valence-corrected chi connectivity index (χ3v) is 4.67. The molecule has 2 aromatic rings. The molecule has 0 aliphatic heterocycles. The van der Waals surface area contributed by atoms with E-state index in [-0.39, 0.29) is 11.8 Å². The molecule has 0 saturated heterocycles. The van der Waals surface area contributed by atoms with Crippen LogP contribution in [0.1, 0.15) is 45.7 Å². The van der Waals surface area contributed by atoms with Gasteiger partial charge in [0.25, 0.3) is 5.91 Å². The van der Waals surface area contributed by atoms with Crippen molar-refractivity contribution in [1.82, 2.24) is 10.3 Å². The number of hydrogen-bond acceptors (Lipinski definition) is 5. The van der Waals surface area contributed by atoms with E-state index in [1.807, 2.05) is 39.0 Å². The molecule has 1 N–H and O–H groups in total.